The van der Waals surface area contributed by atoms with Gasteiger partial charge >= 0.3 is 6.03 Å². The Morgan fingerprint density at radius 1 is 0.767 bits per heavy atom. The van der Waals surface area contributed by atoms with E-state index in [-0.39, 0.29) is 12.2 Å². The monoisotopic (exact) mass is 768 g/mol. The molecule has 0 atom stereocenters. The van der Waals surface area contributed by atoms with Gasteiger partial charge in [0.2, 0.25) is 0 Å². The van der Waals surface area contributed by atoms with Gasteiger partial charge in [0.1, 0.15) is 24.5 Å². The van der Waals surface area contributed by atoms with E-state index >= 15 is 0 Å². The van der Waals surface area contributed by atoms with Crippen molar-refractivity contribution in [2.45, 2.75) is 13.2 Å². The van der Waals surface area contributed by atoms with Crippen LogP contribution < -0.4 is 24.4 Å². The van der Waals surface area contributed by atoms with E-state index in [2.05, 4.69) is 53.1 Å². The van der Waals surface area contributed by atoms with Crippen LogP contribution in [-0.2, 0) is 22.8 Å². The number of nitrogens with zero attached hydrogens (tertiary/aromatic N) is 1. The number of barbiturate groups is 1. The van der Waals surface area contributed by atoms with Gasteiger partial charge in [-0.3, -0.25) is 14.9 Å². The molecule has 1 aliphatic heterocycles. The molecular formula is C32H23Br3N2O6. The minimum atomic E-state index is -0.812. The van der Waals surface area contributed by atoms with E-state index in [9.17, 15) is 14.4 Å². The summed E-state index contributed by atoms with van der Waals surface area (Å²) in [6, 6.07) is 24.7. The molecule has 0 bridgehead atoms. The Balaban J connectivity index is 1.30. The van der Waals surface area contributed by atoms with Gasteiger partial charge in [0.25, 0.3) is 11.8 Å². The van der Waals surface area contributed by atoms with Crippen LogP contribution in [0, 0.1) is 0 Å². The number of anilines is 1. The maximum atomic E-state index is 13.2. The van der Waals surface area contributed by atoms with Crippen LogP contribution in [-0.4, -0.2) is 25.0 Å². The largest absolute Gasteiger partial charge is 0.493 e. The number of ether oxygens (including phenoxy) is 3. The lowest BCUT2D eigenvalue weighted by Gasteiger charge is -2.26. The third kappa shape index (κ3) is 7.18. The summed E-state index contributed by atoms with van der Waals surface area (Å²) < 4.78 is 19.5. The summed E-state index contributed by atoms with van der Waals surface area (Å²) in [4.78, 5) is 39.2. The second kappa shape index (κ2) is 13.6. The number of amides is 4. The number of hydrogen-bond donors (Lipinski definition) is 1. The third-order valence-electron chi connectivity index (χ3n) is 6.37. The van der Waals surface area contributed by atoms with Crippen LogP contribution in [0.3, 0.4) is 0 Å². The Bertz CT molecular complexity index is 1700. The van der Waals surface area contributed by atoms with E-state index in [4.69, 9.17) is 14.2 Å². The second-order valence-electron chi connectivity index (χ2n) is 9.30. The molecule has 4 amide bonds. The molecule has 11 heteroatoms. The van der Waals surface area contributed by atoms with E-state index in [1.165, 1.54) is 6.08 Å². The first kappa shape index (κ1) is 30.5. The van der Waals surface area contributed by atoms with Crippen LogP contribution in [0.2, 0.25) is 0 Å². The van der Waals surface area contributed by atoms with Crippen molar-refractivity contribution in [2.75, 3.05) is 12.0 Å². The SMILES string of the molecule is COc1cc(COc2c(Br)cc(/C=C3\C(=O)NC(=O)N(c4ccc(Br)cc4)C3=O)cc2Br)ccc1OCc1ccccc1. The number of carbonyl (C=O) groups is 3. The smallest absolute Gasteiger partial charge is 0.335 e. The normalized spacial score (nSPS) is 14.1. The Morgan fingerprint density at radius 2 is 1.44 bits per heavy atom. The molecule has 1 heterocycles. The van der Waals surface area contributed by atoms with Gasteiger partial charge in [-0.05, 0) is 103 Å². The topological polar surface area (TPSA) is 94.2 Å². The van der Waals surface area contributed by atoms with E-state index in [1.807, 2.05) is 48.5 Å². The average molecular weight is 771 g/mol. The molecule has 0 radical (unpaired) electrons. The molecule has 1 N–H and O–H groups in total. The Morgan fingerprint density at radius 3 is 2.12 bits per heavy atom. The average Bonchev–Trinajstić information content (AvgIpc) is 2.99. The number of benzene rings is 4. The van der Waals surface area contributed by atoms with Gasteiger partial charge in [0.15, 0.2) is 11.5 Å². The predicted octanol–water partition coefficient (Wildman–Crippen LogP) is 7.81. The Kier molecular flexibility index (Phi) is 9.64. The molecule has 0 saturated carbocycles. The van der Waals surface area contributed by atoms with Crippen molar-refractivity contribution in [3.8, 4) is 17.2 Å². The zero-order chi connectivity index (χ0) is 30.5. The number of nitrogens with one attached hydrogen (secondary N) is 1. The highest BCUT2D eigenvalue weighted by molar-refractivity contribution is 9.11. The number of halogens is 3. The maximum absolute atomic E-state index is 13.2. The fraction of sp³-hybridized carbons (Fsp3) is 0.0938. The summed E-state index contributed by atoms with van der Waals surface area (Å²) >= 11 is 10.4. The quantitative estimate of drug-likeness (QED) is 0.138. The first-order valence-corrected chi connectivity index (χ1v) is 15.2. The molecule has 1 fully saturated rings. The first-order chi connectivity index (χ1) is 20.7. The van der Waals surface area contributed by atoms with Gasteiger partial charge in [-0.2, -0.15) is 0 Å². The first-order valence-electron chi connectivity index (χ1n) is 12.9. The standard InChI is InChI=1S/C32H23Br3N2O6/c1-41-28-16-20(7-12-27(28)42-17-19-5-3-2-4-6-19)18-43-29-25(34)14-21(15-26(29)35)13-24-30(38)36-32(40)37(31(24)39)23-10-8-22(33)9-11-23/h2-16H,17-18H2,1H3,(H,36,38,40)/b24-13+. The van der Waals surface area contributed by atoms with Gasteiger partial charge in [0.05, 0.1) is 21.7 Å². The van der Waals surface area contributed by atoms with Crippen LogP contribution in [0.1, 0.15) is 16.7 Å². The van der Waals surface area contributed by atoms with Crippen molar-refractivity contribution in [1.82, 2.24) is 5.32 Å². The van der Waals surface area contributed by atoms with Crippen LogP contribution in [0.4, 0.5) is 10.5 Å². The van der Waals surface area contributed by atoms with Gasteiger partial charge < -0.3 is 14.2 Å². The fourth-order valence-corrected chi connectivity index (χ4v) is 5.98. The summed E-state index contributed by atoms with van der Waals surface area (Å²) in [5.74, 6) is 0.228. The zero-order valence-corrected chi connectivity index (χ0v) is 27.4. The van der Waals surface area contributed by atoms with Crippen molar-refractivity contribution >= 4 is 77.4 Å². The van der Waals surface area contributed by atoms with Crippen molar-refractivity contribution in [2.24, 2.45) is 0 Å². The lowest BCUT2D eigenvalue weighted by molar-refractivity contribution is -0.122. The molecule has 8 nitrogen and oxygen atoms in total. The number of methoxy groups -OCH3 is 1. The molecule has 0 spiro atoms. The summed E-state index contributed by atoms with van der Waals surface area (Å²) in [6.45, 7) is 0.652. The van der Waals surface area contributed by atoms with E-state index in [0.29, 0.717) is 44.1 Å². The minimum absolute atomic E-state index is 0.184. The predicted molar refractivity (Wildman–Crippen MR) is 173 cm³/mol. The highest BCUT2D eigenvalue weighted by Crippen LogP contribution is 2.37. The molecule has 4 aromatic carbocycles. The highest BCUT2D eigenvalue weighted by atomic mass is 79.9. The molecular weight excluding hydrogens is 748 g/mol. The number of carbonyl (C=O) groups excluding carboxylic acids is 3. The molecule has 218 valence electrons. The Hall–Kier alpha value is -3.93. The van der Waals surface area contributed by atoms with Crippen molar-refractivity contribution < 1.29 is 28.6 Å². The number of hydrogen-bond acceptors (Lipinski definition) is 6. The lowest BCUT2D eigenvalue weighted by Crippen LogP contribution is -2.54. The zero-order valence-electron chi connectivity index (χ0n) is 22.6. The highest BCUT2D eigenvalue weighted by Gasteiger charge is 2.36. The molecule has 5 rings (SSSR count). The van der Waals surface area contributed by atoms with Crippen LogP contribution >= 0.6 is 47.8 Å². The van der Waals surface area contributed by atoms with Gasteiger partial charge in [-0.1, -0.05) is 52.3 Å². The number of rotatable bonds is 9. The Labute approximate surface area is 273 Å². The molecule has 4 aromatic rings. The third-order valence-corrected chi connectivity index (χ3v) is 8.07. The van der Waals surface area contributed by atoms with Crippen molar-refractivity contribution in [1.29, 1.82) is 0 Å². The molecule has 43 heavy (non-hydrogen) atoms. The van der Waals surface area contributed by atoms with E-state index < -0.39 is 17.8 Å². The van der Waals surface area contributed by atoms with Crippen LogP contribution in [0.25, 0.3) is 6.08 Å². The van der Waals surface area contributed by atoms with E-state index in [0.717, 1.165) is 20.5 Å². The van der Waals surface area contributed by atoms with Gasteiger partial charge in [-0.15, -0.1) is 0 Å². The van der Waals surface area contributed by atoms with Crippen molar-refractivity contribution in [3.05, 3.63) is 121 Å². The fourth-order valence-electron chi connectivity index (χ4n) is 4.26. The summed E-state index contributed by atoms with van der Waals surface area (Å²) in [6.07, 6.45) is 1.42. The summed E-state index contributed by atoms with van der Waals surface area (Å²) in [5.41, 5.74) is 2.60. The molecule has 1 saturated heterocycles. The summed E-state index contributed by atoms with van der Waals surface area (Å²) in [5, 5.41) is 2.23. The number of imide groups is 2. The summed E-state index contributed by atoms with van der Waals surface area (Å²) in [7, 11) is 1.58. The lowest BCUT2D eigenvalue weighted by atomic mass is 10.1. The second-order valence-corrected chi connectivity index (χ2v) is 11.9. The molecule has 0 aliphatic carbocycles. The van der Waals surface area contributed by atoms with Crippen molar-refractivity contribution in [3.63, 3.8) is 0 Å². The van der Waals surface area contributed by atoms with E-state index in [1.54, 1.807) is 43.5 Å². The maximum Gasteiger partial charge on any atom is 0.335 e. The molecule has 0 aromatic heterocycles. The molecule has 0 unspecified atom stereocenters. The number of urea groups is 1. The molecule has 1 aliphatic rings. The van der Waals surface area contributed by atoms with Gasteiger partial charge in [0, 0.05) is 4.47 Å². The van der Waals surface area contributed by atoms with Crippen LogP contribution in [0.5, 0.6) is 17.2 Å². The minimum Gasteiger partial charge on any atom is -0.493 e. The van der Waals surface area contributed by atoms with Crippen LogP contribution in [0.15, 0.2) is 104 Å². The van der Waals surface area contributed by atoms with Gasteiger partial charge in [-0.25, -0.2) is 9.69 Å².